The highest BCUT2D eigenvalue weighted by molar-refractivity contribution is 7.99. The lowest BCUT2D eigenvalue weighted by Crippen LogP contribution is -1.97. The van der Waals surface area contributed by atoms with Gasteiger partial charge in [-0.1, -0.05) is 30.0 Å². The average Bonchev–Trinajstić information content (AvgIpc) is 2.56. The molecule has 0 aliphatic rings. The second-order valence-electron chi connectivity index (χ2n) is 4.18. The van der Waals surface area contributed by atoms with Crippen LogP contribution in [-0.4, -0.2) is 10.6 Å². The van der Waals surface area contributed by atoms with Crippen LogP contribution < -0.4 is 5.43 Å². The van der Waals surface area contributed by atoms with E-state index in [0.29, 0.717) is 10.6 Å². The summed E-state index contributed by atoms with van der Waals surface area (Å²) in [5.74, 6) is 0. The molecule has 0 fully saturated rings. The molecule has 0 aliphatic carbocycles. The molecule has 0 atom stereocenters. The van der Waals surface area contributed by atoms with Gasteiger partial charge in [0.1, 0.15) is 12.1 Å². The molecule has 1 N–H and O–H groups in total. The predicted molar refractivity (Wildman–Crippen MR) is 85.9 cm³/mol. The summed E-state index contributed by atoms with van der Waals surface area (Å²) in [6, 6.07) is 17.0. The van der Waals surface area contributed by atoms with Crippen LogP contribution in [0.25, 0.3) is 0 Å². The van der Waals surface area contributed by atoms with E-state index in [1.165, 1.54) is 23.9 Å². The van der Waals surface area contributed by atoms with Crippen molar-refractivity contribution in [3.05, 3.63) is 58.6 Å². The molecule has 7 nitrogen and oxygen atoms in total. The number of nitro groups is 1. The first-order chi connectivity index (χ1) is 11.1. The zero-order chi connectivity index (χ0) is 16.7. The van der Waals surface area contributed by atoms with Gasteiger partial charge in [0.05, 0.1) is 10.6 Å². The molecule has 112 valence electrons. The Bertz CT molecular complexity index is 821. The van der Waals surface area contributed by atoms with Crippen molar-refractivity contribution in [2.45, 2.75) is 9.79 Å². The van der Waals surface area contributed by atoms with E-state index in [-0.39, 0.29) is 11.4 Å². The maximum atomic E-state index is 11.0. The average molecular weight is 323 g/mol. The van der Waals surface area contributed by atoms with Gasteiger partial charge in [-0.3, -0.25) is 15.5 Å². The Labute approximate surface area is 136 Å². The van der Waals surface area contributed by atoms with E-state index in [0.717, 1.165) is 4.90 Å². The standard InChI is InChI=1S/C15H9N5O2S/c16-9-12(10-17)19-18-11-6-13(20(21)22)8-15(7-11)23-14-4-2-1-3-5-14/h1-8,18H. The van der Waals surface area contributed by atoms with Crippen molar-refractivity contribution in [3.8, 4) is 12.1 Å². The van der Waals surface area contributed by atoms with Crippen molar-refractivity contribution in [3.63, 3.8) is 0 Å². The highest BCUT2D eigenvalue weighted by atomic mass is 32.2. The van der Waals surface area contributed by atoms with Gasteiger partial charge in [-0.25, -0.2) is 0 Å². The summed E-state index contributed by atoms with van der Waals surface area (Å²) >= 11 is 1.36. The number of nitro benzene ring substituents is 1. The normalized spacial score (nSPS) is 9.30. The number of nitrogens with one attached hydrogen (secondary N) is 1. The summed E-state index contributed by atoms with van der Waals surface area (Å²) in [4.78, 5) is 12.1. The van der Waals surface area contributed by atoms with Crippen LogP contribution in [0.5, 0.6) is 0 Å². The summed E-state index contributed by atoms with van der Waals surface area (Å²) in [6.45, 7) is 0. The van der Waals surface area contributed by atoms with E-state index >= 15 is 0 Å². The van der Waals surface area contributed by atoms with Crippen molar-refractivity contribution < 1.29 is 4.92 Å². The molecular weight excluding hydrogens is 314 g/mol. The van der Waals surface area contributed by atoms with Crippen LogP contribution in [0.3, 0.4) is 0 Å². The second-order valence-corrected chi connectivity index (χ2v) is 5.33. The number of hydrogen-bond donors (Lipinski definition) is 1. The lowest BCUT2D eigenvalue weighted by atomic mass is 10.3. The number of non-ortho nitro benzene ring substituents is 1. The molecule has 23 heavy (non-hydrogen) atoms. The lowest BCUT2D eigenvalue weighted by Gasteiger charge is -2.05. The largest absolute Gasteiger partial charge is 0.276 e. The van der Waals surface area contributed by atoms with Crippen LogP contribution >= 0.6 is 11.8 Å². The minimum Gasteiger partial charge on any atom is -0.276 e. The summed E-state index contributed by atoms with van der Waals surface area (Å²) in [5.41, 5.74) is 2.33. The molecule has 0 saturated heterocycles. The van der Waals surface area contributed by atoms with E-state index in [4.69, 9.17) is 10.5 Å². The summed E-state index contributed by atoms with van der Waals surface area (Å²) < 4.78 is 0. The van der Waals surface area contributed by atoms with Gasteiger partial charge in [0, 0.05) is 21.9 Å². The van der Waals surface area contributed by atoms with Crippen molar-refractivity contribution in [1.82, 2.24) is 0 Å². The van der Waals surface area contributed by atoms with Crippen LogP contribution in [0.2, 0.25) is 0 Å². The smallest absolute Gasteiger partial charge is 0.272 e. The summed E-state index contributed by atoms with van der Waals surface area (Å²) in [5, 5.41) is 31.9. The maximum Gasteiger partial charge on any atom is 0.272 e. The number of hydrogen-bond acceptors (Lipinski definition) is 7. The number of anilines is 1. The van der Waals surface area contributed by atoms with E-state index in [2.05, 4.69) is 10.5 Å². The Morgan fingerprint density at radius 3 is 2.43 bits per heavy atom. The number of rotatable bonds is 5. The van der Waals surface area contributed by atoms with E-state index in [1.54, 1.807) is 18.2 Å². The second kappa shape index (κ2) is 7.59. The molecule has 2 rings (SSSR count). The number of benzene rings is 2. The van der Waals surface area contributed by atoms with Gasteiger partial charge < -0.3 is 0 Å². The molecule has 0 aromatic heterocycles. The Balaban J connectivity index is 2.33. The molecule has 2 aromatic carbocycles. The first-order valence-electron chi connectivity index (χ1n) is 6.28. The van der Waals surface area contributed by atoms with Gasteiger partial charge in [0.15, 0.2) is 0 Å². The van der Waals surface area contributed by atoms with Crippen LogP contribution in [-0.2, 0) is 0 Å². The minimum absolute atomic E-state index is 0.112. The Morgan fingerprint density at radius 2 is 1.83 bits per heavy atom. The highest BCUT2D eigenvalue weighted by Gasteiger charge is 2.11. The summed E-state index contributed by atoms with van der Waals surface area (Å²) in [6.07, 6.45) is 0. The van der Waals surface area contributed by atoms with Gasteiger partial charge in [-0.15, -0.1) is 0 Å². The molecule has 0 bridgehead atoms. The van der Waals surface area contributed by atoms with Crippen LogP contribution in [0.15, 0.2) is 63.4 Å². The van der Waals surface area contributed by atoms with Crippen LogP contribution in [0.4, 0.5) is 11.4 Å². The van der Waals surface area contributed by atoms with E-state index < -0.39 is 4.92 Å². The van der Waals surface area contributed by atoms with Gasteiger partial charge in [-0.05, 0) is 18.2 Å². The molecule has 0 unspecified atom stereocenters. The zero-order valence-corrected chi connectivity index (χ0v) is 12.4. The third-order valence-electron chi connectivity index (χ3n) is 2.59. The first-order valence-corrected chi connectivity index (χ1v) is 7.10. The van der Waals surface area contributed by atoms with Gasteiger partial charge in [-0.2, -0.15) is 15.6 Å². The number of nitriles is 2. The molecule has 0 aliphatic heterocycles. The maximum absolute atomic E-state index is 11.0. The van der Waals surface area contributed by atoms with Crippen molar-refractivity contribution in [2.75, 3.05) is 5.43 Å². The topological polar surface area (TPSA) is 115 Å². The quantitative estimate of drug-likeness (QED) is 0.511. The SMILES string of the molecule is N#CC(C#N)=NNc1cc(Sc2ccccc2)cc([N+](=O)[O-])c1. The number of nitrogens with zero attached hydrogens (tertiary/aromatic N) is 4. The fraction of sp³-hybridized carbons (Fsp3) is 0. The molecule has 0 amide bonds. The third-order valence-corrected chi connectivity index (χ3v) is 3.57. The molecular formula is C15H9N5O2S. The molecule has 0 saturated carbocycles. The number of hydrazone groups is 1. The lowest BCUT2D eigenvalue weighted by molar-refractivity contribution is -0.385. The van der Waals surface area contributed by atoms with Crippen molar-refractivity contribution >= 4 is 28.8 Å². The molecule has 0 spiro atoms. The molecule has 2 aromatic rings. The van der Waals surface area contributed by atoms with E-state index in [9.17, 15) is 10.1 Å². The van der Waals surface area contributed by atoms with Crippen molar-refractivity contribution in [1.29, 1.82) is 10.5 Å². The Hall–Kier alpha value is -3.36. The van der Waals surface area contributed by atoms with Gasteiger partial charge >= 0.3 is 0 Å². The fourth-order valence-electron chi connectivity index (χ4n) is 1.63. The van der Waals surface area contributed by atoms with Gasteiger partial charge in [0.2, 0.25) is 5.71 Å². The van der Waals surface area contributed by atoms with Gasteiger partial charge in [0.25, 0.3) is 5.69 Å². The van der Waals surface area contributed by atoms with E-state index in [1.807, 2.05) is 30.3 Å². The molecule has 0 radical (unpaired) electrons. The molecule has 0 heterocycles. The zero-order valence-electron chi connectivity index (χ0n) is 11.6. The Kier molecular flexibility index (Phi) is 5.29. The summed E-state index contributed by atoms with van der Waals surface area (Å²) in [7, 11) is 0. The predicted octanol–water partition coefficient (Wildman–Crippen LogP) is 3.56. The van der Waals surface area contributed by atoms with Crippen LogP contribution in [0, 0.1) is 32.8 Å². The van der Waals surface area contributed by atoms with Crippen LogP contribution in [0.1, 0.15) is 0 Å². The monoisotopic (exact) mass is 323 g/mol. The van der Waals surface area contributed by atoms with Crippen molar-refractivity contribution in [2.24, 2.45) is 5.10 Å². The first kappa shape index (κ1) is 16.0. The third kappa shape index (κ3) is 4.56. The highest BCUT2D eigenvalue weighted by Crippen LogP contribution is 2.32. The Morgan fingerprint density at radius 1 is 1.13 bits per heavy atom. The molecule has 8 heteroatoms. The fourth-order valence-corrected chi connectivity index (χ4v) is 2.56. The minimum atomic E-state index is -0.514.